The molecule has 10 heteroatoms. The molecule has 1 saturated carbocycles. The third-order valence-corrected chi connectivity index (χ3v) is 8.04. The number of nitrogens with zero attached hydrogens (tertiary/aromatic N) is 2. The molecule has 0 heterocycles. The van der Waals surface area contributed by atoms with Gasteiger partial charge in [0.2, 0.25) is 21.8 Å². The van der Waals surface area contributed by atoms with Crippen LogP contribution in [-0.2, 0) is 26.2 Å². The largest absolute Gasteiger partial charge is 0.493 e. The molecule has 1 N–H and O–H groups in total. The molecule has 1 fully saturated rings. The molecule has 38 heavy (non-hydrogen) atoms. The first-order chi connectivity index (χ1) is 18.1. The number of sulfonamides is 1. The SMILES string of the molecule is CC[C@H](C(=O)NC1CCCC1)N(Cc1ccc(C)cc1)C(=O)CN(c1ccc(OC)c(OC)c1)S(C)(=O)=O. The standard InChI is InChI=1S/C28H39N3O6S/c1-6-24(28(33)29-22-9-7-8-10-22)30(18-21-13-11-20(2)12-14-21)27(32)19-31(38(5,34)35)23-15-16-25(36-3)26(17-23)37-4/h11-17,22,24H,6-10,18-19H2,1-5H3,(H,29,33)/t24-/m1/s1. The Labute approximate surface area is 226 Å². The van der Waals surface area contributed by atoms with Gasteiger partial charge in [-0.15, -0.1) is 0 Å². The Balaban J connectivity index is 1.94. The van der Waals surface area contributed by atoms with Gasteiger partial charge >= 0.3 is 0 Å². The van der Waals surface area contributed by atoms with Crippen LogP contribution in [0.5, 0.6) is 11.5 Å². The Morgan fingerprint density at radius 2 is 1.66 bits per heavy atom. The zero-order valence-electron chi connectivity index (χ0n) is 22.9. The van der Waals surface area contributed by atoms with Gasteiger partial charge in [0, 0.05) is 18.7 Å². The quantitative estimate of drug-likeness (QED) is 0.437. The van der Waals surface area contributed by atoms with E-state index < -0.39 is 28.5 Å². The van der Waals surface area contributed by atoms with Crippen molar-refractivity contribution in [1.82, 2.24) is 10.2 Å². The van der Waals surface area contributed by atoms with Crippen molar-refractivity contribution in [2.24, 2.45) is 0 Å². The first-order valence-electron chi connectivity index (χ1n) is 12.9. The van der Waals surface area contributed by atoms with Gasteiger partial charge in [0.25, 0.3) is 0 Å². The topological polar surface area (TPSA) is 105 Å². The van der Waals surface area contributed by atoms with Crippen molar-refractivity contribution in [2.45, 2.75) is 64.6 Å². The summed E-state index contributed by atoms with van der Waals surface area (Å²) >= 11 is 0. The maximum atomic E-state index is 13.8. The summed E-state index contributed by atoms with van der Waals surface area (Å²) in [5.41, 5.74) is 2.19. The van der Waals surface area contributed by atoms with Crippen molar-refractivity contribution in [2.75, 3.05) is 31.3 Å². The molecule has 0 spiro atoms. The predicted molar refractivity (Wildman–Crippen MR) is 148 cm³/mol. The van der Waals surface area contributed by atoms with Crippen LogP contribution in [0.4, 0.5) is 5.69 Å². The molecule has 208 valence electrons. The molecule has 2 aromatic rings. The number of hydrogen-bond acceptors (Lipinski definition) is 6. The van der Waals surface area contributed by atoms with Crippen LogP contribution in [0.3, 0.4) is 0 Å². The summed E-state index contributed by atoms with van der Waals surface area (Å²) in [6, 6.07) is 11.8. The van der Waals surface area contributed by atoms with E-state index in [2.05, 4.69) is 5.32 Å². The van der Waals surface area contributed by atoms with E-state index in [0.717, 1.165) is 47.4 Å². The number of methoxy groups -OCH3 is 2. The molecule has 0 bridgehead atoms. The molecule has 1 aliphatic rings. The van der Waals surface area contributed by atoms with Gasteiger partial charge in [-0.1, -0.05) is 49.6 Å². The molecule has 0 saturated heterocycles. The van der Waals surface area contributed by atoms with Gasteiger partial charge in [0.05, 0.1) is 26.2 Å². The van der Waals surface area contributed by atoms with E-state index in [1.165, 1.54) is 25.2 Å². The molecule has 2 amide bonds. The Hall–Kier alpha value is -3.27. The molecule has 1 aliphatic carbocycles. The predicted octanol–water partition coefficient (Wildman–Crippen LogP) is 3.64. The molecule has 3 rings (SSSR count). The molecular formula is C28H39N3O6S. The summed E-state index contributed by atoms with van der Waals surface area (Å²) in [5, 5.41) is 3.11. The van der Waals surface area contributed by atoms with Crippen molar-refractivity contribution < 1.29 is 27.5 Å². The zero-order valence-corrected chi connectivity index (χ0v) is 23.7. The lowest BCUT2D eigenvalue weighted by molar-refractivity contribution is -0.140. The normalized spacial score (nSPS) is 14.6. The van der Waals surface area contributed by atoms with E-state index >= 15 is 0 Å². The minimum Gasteiger partial charge on any atom is -0.493 e. The van der Waals surface area contributed by atoms with Crippen molar-refractivity contribution in [3.8, 4) is 11.5 Å². The highest BCUT2D eigenvalue weighted by Gasteiger charge is 2.33. The van der Waals surface area contributed by atoms with Crippen LogP contribution < -0.4 is 19.1 Å². The van der Waals surface area contributed by atoms with E-state index in [9.17, 15) is 18.0 Å². The number of ether oxygens (including phenoxy) is 2. The van der Waals surface area contributed by atoms with E-state index in [4.69, 9.17) is 9.47 Å². The van der Waals surface area contributed by atoms with Crippen LogP contribution in [0.1, 0.15) is 50.2 Å². The number of benzene rings is 2. The van der Waals surface area contributed by atoms with E-state index in [1.807, 2.05) is 38.1 Å². The number of carbonyl (C=O) groups excluding carboxylic acids is 2. The zero-order chi connectivity index (χ0) is 27.9. The van der Waals surface area contributed by atoms with Gasteiger partial charge in [-0.2, -0.15) is 0 Å². The lowest BCUT2D eigenvalue weighted by Gasteiger charge is -2.33. The van der Waals surface area contributed by atoms with E-state index in [1.54, 1.807) is 12.1 Å². The van der Waals surface area contributed by atoms with Crippen LogP contribution in [0.25, 0.3) is 0 Å². The molecule has 0 radical (unpaired) electrons. The van der Waals surface area contributed by atoms with Crippen molar-refractivity contribution in [3.63, 3.8) is 0 Å². The third kappa shape index (κ3) is 7.40. The van der Waals surface area contributed by atoms with Gasteiger partial charge in [-0.05, 0) is 43.9 Å². The second-order valence-corrected chi connectivity index (χ2v) is 11.6. The second kappa shape index (κ2) is 13.0. The first-order valence-corrected chi connectivity index (χ1v) is 14.8. The molecule has 0 unspecified atom stereocenters. The van der Waals surface area contributed by atoms with Crippen molar-refractivity contribution in [1.29, 1.82) is 0 Å². The van der Waals surface area contributed by atoms with Gasteiger partial charge in [-0.25, -0.2) is 8.42 Å². The minimum absolute atomic E-state index is 0.104. The van der Waals surface area contributed by atoms with Gasteiger partial charge in [0.1, 0.15) is 12.6 Å². The first kappa shape index (κ1) is 29.3. The smallest absolute Gasteiger partial charge is 0.244 e. The fourth-order valence-electron chi connectivity index (χ4n) is 4.77. The second-order valence-electron chi connectivity index (χ2n) is 9.73. The number of rotatable bonds is 12. The van der Waals surface area contributed by atoms with Gasteiger partial charge in [0.15, 0.2) is 11.5 Å². The number of nitrogens with one attached hydrogen (secondary N) is 1. The fraction of sp³-hybridized carbons (Fsp3) is 0.500. The fourth-order valence-corrected chi connectivity index (χ4v) is 5.61. The average molecular weight is 546 g/mol. The average Bonchev–Trinajstić information content (AvgIpc) is 3.40. The van der Waals surface area contributed by atoms with Gasteiger partial charge in [-0.3, -0.25) is 13.9 Å². The lowest BCUT2D eigenvalue weighted by Crippen LogP contribution is -2.53. The summed E-state index contributed by atoms with van der Waals surface area (Å²) in [7, 11) is -0.912. The Morgan fingerprint density at radius 3 is 2.21 bits per heavy atom. The van der Waals surface area contributed by atoms with Crippen molar-refractivity contribution in [3.05, 3.63) is 53.6 Å². The van der Waals surface area contributed by atoms with Gasteiger partial charge < -0.3 is 19.7 Å². The molecule has 1 atom stereocenters. The third-order valence-electron chi connectivity index (χ3n) is 6.90. The summed E-state index contributed by atoms with van der Waals surface area (Å²) in [6.07, 6.45) is 5.44. The highest BCUT2D eigenvalue weighted by molar-refractivity contribution is 7.92. The van der Waals surface area contributed by atoms with Crippen LogP contribution in [0.2, 0.25) is 0 Å². The Bertz CT molecular complexity index is 1210. The molecule has 2 aromatic carbocycles. The van der Waals surface area contributed by atoms with Crippen LogP contribution >= 0.6 is 0 Å². The highest BCUT2D eigenvalue weighted by atomic mass is 32.2. The number of carbonyl (C=O) groups is 2. The number of hydrogen-bond donors (Lipinski definition) is 1. The summed E-state index contributed by atoms with van der Waals surface area (Å²) < 4.78 is 37.3. The van der Waals surface area contributed by atoms with Crippen LogP contribution in [-0.4, -0.2) is 64.2 Å². The van der Waals surface area contributed by atoms with Crippen LogP contribution in [0, 0.1) is 6.92 Å². The highest BCUT2D eigenvalue weighted by Crippen LogP contribution is 2.32. The van der Waals surface area contributed by atoms with E-state index in [-0.39, 0.29) is 24.2 Å². The maximum Gasteiger partial charge on any atom is 0.244 e. The monoisotopic (exact) mass is 545 g/mol. The number of aryl methyl sites for hydroxylation is 1. The number of anilines is 1. The van der Waals surface area contributed by atoms with E-state index in [0.29, 0.717) is 17.9 Å². The minimum atomic E-state index is -3.85. The molecular weight excluding hydrogens is 506 g/mol. The Kier molecular flexibility index (Phi) is 10.0. The number of amides is 2. The summed E-state index contributed by atoms with van der Waals surface area (Å²) in [6.45, 7) is 3.55. The van der Waals surface area contributed by atoms with Crippen LogP contribution in [0.15, 0.2) is 42.5 Å². The molecule has 0 aromatic heterocycles. The molecule has 0 aliphatic heterocycles. The summed E-state index contributed by atoms with van der Waals surface area (Å²) in [4.78, 5) is 28.7. The summed E-state index contributed by atoms with van der Waals surface area (Å²) in [5.74, 6) is 0.0905. The maximum absolute atomic E-state index is 13.8. The Morgan fingerprint density at radius 1 is 1.03 bits per heavy atom. The molecule has 9 nitrogen and oxygen atoms in total. The lowest BCUT2D eigenvalue weighted by atomic mass is 10.1. The van der Waals surface area contributed by atoms with Crippen molar-refractivity contribution >= 4 is 27.5 Å².